The van der Waals surface area contributed by atoms with Gasteiger partial charge in [-0.15, -0.1) is 11.6 Å². The molecule has 0 heterocycles. The van der Waals surface area contributed by atoms with Crippen LogP contribution >= 0.6 is 11.6 Å². The van der Waals surface area contributed by atoms with Gasteiger partial charge < -0.3 is 9.84 Å². The van der Waals surface area contributed by atoms with Crippen molar-refractivity contribution >= 4 is 23.5 Å². The van der Waals surface area contributed by atoms with Crippen LogP contribution in [0.5, 0.6) is 5.75 Å². The predicted octanol–water partition coefficient (Wildman–Crippen LogP) is 3.56. The summed E-state index contributed by atoms with van der Waals surface area (Å²) in [6.45, 7) is 0.0518. The van der Waals surface area contributed by atoms with Crippen LogP contribution in [0.15, 0.2) is 60.7 Å². The van der Waals surface area contributed by atoms with Crippen LogP contribution in [0.3, 0.4) is 0 Å². The Morgan fingerprint density at radius 1 is 1.14 bits per heavy atom. The van der Waals surface area contributed by atoms with Crippen LogP contribution < -0.4 is 4.74 Å². The third-order valence-corrected chi connectivity index (χ3v) is 3.34. The van der Waals surface area contributed by atoms with Gasteiger partial charge in [0.15, 0.2) is 5.78 Å². The Balaban J connectivity index is 2.11. The molecule has 2 aromatic rings. The molecular formula is C18H17ClO3. The zero-order valence-corrected chi connectivity index (χ0v) is 12.7. The molecule has 0 saturated carbocycles. The van der Waals surface area contributed by atoms with E-state index in [1.54, 1.807) is 30.3 Å². The smallest absolute Gasteiger partial charge is 0.189 e. The number of halogens is 1. The average molecular weight is 317 g/mol. The second-order valence-electron chi connectivity index (χ2n) is 4.72. The molecule has 0 aliphatic rings. The molecule has 0 unspecified atom stereocenters. The number of aliphatic hydroxyl groups excluding tert-OH is 1. The number of ether oxygens (including phenoxy) is 1. The van der Waals surface area contributed by atoms with Crippen molar-refractivity contribution in [3.05, 3.63) is 71.8 Å². The molecule has 2 rings (SSSR count). The number of allylic oxidation sites excluding steroid dienone is 1. The molecule has 0 bridgehead atoms. The van der Waals surface area contributed by atoms with E-state index in [0.29, 0.717) is 11.3 Å². The van der Waals surface area contributed by atoms with Crippen molar-refractivity contribution in [1.29, 1.82) is 0 Å². The lowest BCUT2D eigenvalue weighted by atomic mass is 10.1. The van der Waals surface area contributed by atoms with Gasteiger partial charge in [-0.3, -0.25) is 4.79 Å². The van der Waals surface area contributed by atoms with Crippen LogP contribution in [0.1, 0.15) is 15.9 Å². The minimum absolute atomic E-state index is 0.0518. The molecule has 0 spiro atoms. The number of rotatable bonds is 7. The van der Waals surface area contributed by atoms with Crippen molar-refractivity contribution in [2.45, 2.75) is 6.10 Å². The van der Waals surface area contributed by atoms with E-state index in [-0.39, 0.29) is 18.3 Å². The molecule has 0 aromatic heterocycles. The van der Waals surface area contributed by atoms with Gasteiger partial charge in [-0.2, -0.15) is 0 Å². The number of ketones is 1. The summed E-state index contributed by atoms with van der Waals surface area (Å²) in [6, 6.07) is 16.5. The summed E-state index contributed by atoms with van der Waals surface area (Å²) in [6.07, 6.45) is 2.51. The van der Waals surface area contributed by atoms with E-state index in [1.165, 1.54) is 6.08 Å². The number of carbonyl (C=O) groups excluding carboxylic acids is 1. The second kappa shape index (κ2) is 8.37. The van der Waals surface area contributed by atoms with Gasteiger partial charge in [0, 0.05) is 0 Å². The molecular weight excluding hydrogens is 300 g/mol. The molecule has 3 nitrogen and oxygen atoms in total. The fourth-order valence-corrected chi connectivity index (χ4v) is 1.94. The van der Waals surface area contributed by atoms with Crippen LogP contribution in [0, 0.1) is 0 Å². The lowest BCUT2D eigenvalue weighted by molar-refractivity contribution is 0.103. The number of alkyl halides is 1. The highest BCUT2D eigenvalue weighted by molar-refractivity contribution is 6.18. The topological polar surface area (TPSA) is 46.5 Å². The largest absolute Gasteiger partial charge is 0.490 e. The first-order valence-corrected chi connectivity index (χ1v) is 7.47. The summed E-state index contributed by atoms with van der Waals surface area (Å²) in [7, 11) is 0. The summed E-state index contributed by atoms with van der Waals surface area (Å²) < 4.78 is 5.47. The molecule has 0 radical (unpaired) electrons. The van der Waals surface area contributed by atoms with Crippen LogP contribution in [0.4, 0.5) is 0 Å². The van der Waals surface area contributed by atoms with Gasteiger partial charge >= 0.3 is 0 Å². The first kappa shape index (κ1) is 16.3. The van der Waals surface area contributed by atoms with E-state index in [1.807, 2.05) is 30.3 Å². The van der Waals surface area contributed by atoms with Crippen molar-refractivity contribution in [2.75, 3.05) is 12.5 Å². The van der Waals surface area contributed by atoms with Crippen molar-refractivity contribution in [2.24, 2.45) is 0 Å². The summed E-state index contributed by atoms with van der Waals surface area (Å²) in [5.74, 6) is 0.374. The van der Waals surface area contributed by atoms with E-state index >= 15 is 0 Å². The molecule has 0 saturated heterocycles. The lowest BCUT2D eigenvalue weighted by Crippen LogP contribution is -2.19. The van der Waals surface area contributed by atoms with E-state index < -0.39 is 6.10 Å². The maximum absolute atomic E-state index is 12.3. The minimum Gasteiger partial charge on any atom is -0.490 e. The highest BCUT2D eigenvalue weighted by Crippen LogP contribution is 2.19. The van der Waals surface area contributed by atoms with Crippen LogP contribution in [-0.2, 0) is 0 Å². The highest BCUT2D eigenvalue weighted by atomic mass is 35.5. The number of carbonyl (C=O) groups is 1. The van der Waals surface area contributed by atoms with Crippen LogP contribution in [0.2, 0.25) is 0 Å². The Morgan fingerprint density at radius 2 is 1.82 bits per heavy atom. The van der Waals surface area contributed by atoms with E-state index in [9.17, 15) is 9.90 Å². The Bertz CT molecular complexity index is 638. The van der Waals surface area contributed by atoms with E-state index in [2.05, 4.69) is 0 Å². The zero-order valence-electron chi connectivity index (χ0n) is 12.0. The molecule has 114 valence electrons. The summed E-state index contributed by atoms with van der Waals surface area (Å²) in [5.41, 5.74) is 1.41. The first-order valence-electron chi connectivity index (χ1n) is 6.94. The average Bonchev–Trinajstić information content (AvgIpc) is 2.58. The van der Waals surface area contributed by atoms with Crippen molar-refractivity contribution in [3.63, 3.8) is 0 Å². The first-order chi connectivity index (χ1) is 10.7. The van der Waals surface area contributed by atoms with Gasteiger partial charge in [0.05, 0.1) is 11.4 Å². The number of hydrogen-bond acceptors (Lipinski definition) is 3. The Kier molecular flexibility index (Phi) is 6.19. The summed E-state index contributed by atoms with van der Waals surface area (Å²) in [5, 5.41) is 9.44. The Morgan fingerprint density at radius 3 is 2.55 bits per heavy atom. The second-order valence-corrected chi connectivity index (χ2v) is 5.03. The van der Waals surface area contributed by atoms with Gasteiger partial charge in [0.2, 0.25) is 0 Å². The monoisotopic (exact) mass is 316 g/mol. The molecule has 1 N–H and O–H groups in total. The van der Waals surface area contributed by atoms with E-state index in [0.717, 1.165) is 5.56 Å². The van der Waals surface area contributed by atoms with Gasteiger partial charge in [-0.05, 0) is 23.8 Å². The van der Waals surface area contributed by atoms with Gasteiger partial charge in [-0.1, -0.05) is 48.5 Å². The van der Waals surface area contributed by atoms with Gasteiger partial charge in [-0.25, -0.2) is 0 Å². The maximum atomic E-state index is 12.3. The molecule has 0 amide bonds. The van der Waals surface area contributed by atoms with Crippen LogP contribution in [0.25, 0.3) is 6.08 Å². The summed E-state index contributed by atoms with van der Waals surface area (Å²) >= 11 is 5.53. The SMILES string of the molecule is O=C(/C=C/c1ccccc1)c1ccccc1OC[C@H](O)CCl. The molecule has 22 heavy (non-hydrogen) atoms. The van der Waals surface area contributed by atoms with Crippen molar-refractivity contribution < 1.29 is 14.6 Å². The third-order valence-electron chi connectivity index (χ3n) is 2.99. The Labute approximate surface area is 134 Å². The van der Waals surface area contributed by atoms with Gasteiger partial charge in [0.1, 0.15) is 18.5 Å². The van der Waals surface area contributed by atoms with Gasteiger partial charge in [0.25, 0.3) is 0 Å². The molecule has 1 atom stereocenters. The summed E-state index contributed by atoms with van der Waals surface area (Å²) in [4.78, 5) is 12.3. The van der Waals surface area contributed by atoms with E-state index in [4.69, 9.17) is 16.3 Å². The number of benzene rings is 2. The number of aliphatic hydroxyl groups is 1. The normalized spacial score (nSPS) is 12.3. The zero-order chi connectivity index (χ0) is 15.8. The maximum Gasteiger partial charge on any atom is 0.189 e. The van der Waals surface area contributed by atoms with Crippen LogP contribution in [-0.4, -0.2) is 29.5 Å². The van der Waals surface area contributed by atoms with Crippen molar-refractivity contribution in [1.82, 2.24) is 0 Å². The molecule has 0 aliphatic heterocycles. The lowest BCUT2D eigenvalue weighted by Gasteiger charge is -2.12. The minimum atomic E-state index is -0.760. The quantitative estimate of drug-likeness (QED) is 0.482. The fraction of sp³-hybridized carbons (Fsp3) is 0.167. The Hall–Kier alpha value is -2.10. The molecule has 0 fully saturated rings. The molecule has 2 aromatic carbocycles. The standard InChI is InChI=1S/C18H17ClO3/c19-12-15(20)13-22-18-9-5-4-8-16(18)17(21)11-10-14-6-2-1-3-7-14/h1-11,15,20H,12-13H2/b11-10+/t15-/m1/s1. The third kappa shape index (κ3) is 4.72. The molecule has 4 heteroatoms. The molecule has 0 aliphatic carbocycles. The number of para-hydroxylation sites is 1. The predicted molar refractivity (Wildman–Crippen MR) is 88.5 cm³/mol. The van der Waals surface area contributed by atoms with Crippen molar-refractivity contribution in [3.8, 4) is 5.75 Å². The highest BCUT2D eigenvalue weighted by Gasteiger charge is 2.11. The number of hydrogen-bond donors (Lipinski definition) is 1. The fourth-order valence-electron chi connectivity index (χ4n) is 1.85.